The average Bonchev–Trinajstić information content (AvgIpc) is 3.50. The molecule has 2 atom stereocenters. The molecule has 1 fully saturated rings. The second-order valence-electron chi connectivity index (χ2n) is 8.40. The maximum atomic E-state index is 13.2. The van der Waals surface area contributed by atoms with Gasteiger partial charge >= 0.3 is 0 Å². The summed E-state index contributed by atoms with van der Waals surface area (Å²) < 4.78 is 11.0. The minimum absolute atomic E-state index is 0.0926. The molecular weight excluding hydrogens is 456 g/mol. The Morgan fingerprint density at radius 1 is 0.943 bits per heavy atom. The number of rotatable bonds is 5. The molecule has 0 saturated carbocycles. The Hall–Kier alpha value is -4.54. The lowest BCUT2D eigenvalue weighted by Crippen LogP contribution is -2.36. The smallest absolute Gasteiger partial charge is 0.261 e. The normalized spacial score (nSPS) is 22.2. The van der Waals surface area contributed by atoms with Gasteiger partial charge in [0.15, 0.2) is 17.3 Å². The number of hydrogen-bond acceptors (Lipinski definition) is 9. The van der Waals surface area contributed by atoms with Gasteiger partial charge in [-0.05, 0) is 24.3 Å². The number of carbonyl (C=O) groups is 5. The number of benzene rings is 2. The molecule has 0 radical (unpaired) electrons. The van der Waals surface area contributed by atoms with E-state index in [1.54, 1.807) is 42.5 Å². The van der Waals surface area contributed by atoms with Gasteiger partial charge in [0.25, 0.3) is 17.7 Å². The van der Waals surface area contributed by atoms with E-state index in [0.29, 0.717) is 30.4 Å². The lowest BCUT2D eigenvalue weighted by molar-refractivity contribution is -0.122. The minimum atomic E-state index is -1.09. The first-order valence-electron chi connectivity index (χ1n) is 11.0. The van der Waals surface area contributed by atoms with Crippen molar-refractivity contribution in [1.82, 2.24) is 10.3 Å². The number of hydrogen-bond donors (Lipinski definition) is 1. The van der Waals surface area contributed by atoms with E-state index in [9.17, 15) is 24.0 Å². The van der Waals surface area contributed by atoms with Gasteiger partial charge in [-0.1, -0.05) is 12.1 Å². The summed E-state index contributed by atoms with van der Waals surface area (Å²) in [6.07, 6.45) is -0.222. The number of carbonyl (C=O) groups excluding carboxylic acids is 5. The Bertz CT molecular complexity index is 1330. The number of amides is 4. The van der Waals surface area contributed by atoms with Gasteiger partial charge in [0.05, 0.1) is 16.8 Å². The molecule has 2 aromatic carbocycles. The predicted molar refractivity (Wildman–Crippen MR) is 119 cm³/mol. The zero-order valence-electron chi connectivity index (χ0n) is 18.2. The third kappa shape index (κ3) is 3.11. The topological polar surface area (TPSA) is 135 Å². The van der Waals surface area contributed by atoms with Crippen molar-refractivity contribution in [2.75, 3.05) is 24.7 Å². The molecule has 4 amide bonds. The summed E-state index contributed by atoms with van der Waals surface area (Å²) in [5.41, 5.74) is 3.39. The summed E-state index contributed by atoms with van der Waals surface area (Å²) >= 11 is 0. The molecule has 0 bridgehead atoms. The summed E-state index contributed by atoms with van der Waals surface area (Å²) in [4.78, 5) is 66.3. The van der Waals surface area contributed by atoms with Gasteiger partial charge < -0.3 is 9.47 Å². The fourth-order valence-electron chi connectivity index (χ4n) is 4.73. The summed E-state index contributed by atoms with van der Waals surface area (Å²) in [5.74, 6) is -2.75. The van der Waals surface area contributed by atoms with Gasteiger partial charge in [-0.15, -0.1) is 0 Å². The molecule has 0 aromatic heterocycles. The lowest BCUT2D eigenvalue weighted by atomic mass is 9.94. The van der Waals surface area contributed by atoms with E-state index in [1.165, 1.54) is 0 Å². The molecular formula is C24H18N4O7. The highest BCUT2D eigenvalue weighted by atomic mass is 16.6. The van der Waals surface area contributed by atoms with Crippen LogP contribution in [0.25, 0.3) is 0 Å². The van der Waals surface area contributed by atoms with Gasteiger partial charge in [0.1, 0.15) is 30.9 Å². The second-order valence-corrected chi connectivity index (χ2v) is 8.40. The summed E-state index contributed by atoms with van der Waals surface area (Å²) in [6, 6.07) is 10.2. The fourth-order valence-corrected chi connectivity index (χ4v) is 4.73. The Balaban J connectivity index is 1.18. The first-order chi connectivity index (χ1) is 17.0. The molecule has 0 spiro atoms. The average molecular weight is 474 g/mol. The minimum Gasteiger partial charge on any atom is -0.486 e. The molecule has 6 rings (SSSR count). The predicted octanol–water partition coefficient (Wildman–Crippen LogP) is 0.530. The van der Waals surface area contributed by atoms with Crippen LogP contribution in [0.5, 0.6) is 11.5 Å². The Labute approximate surface area is 198 Å². The van der Waals surface area contributed by atoms with Crippen molar-refractivity contribution >= 4 is 40.8 Å². The molecule has 0 unspecified atom stereocenters. The van der Waals surface area contributed by atoms with Crippen molar-refractivity contribution in [3.63, 3.8) is 0 Å². The number of fused-ring (bicyclic) bond motifs is 3. The van der Waals surface area contributed by atoms with Crippen LogP contribution in [-0.2, 0) is 14.4 Å². The Morgan fingerprint density at radius 3 is 2.34 bits per heavy atom. The van der Waals surface area contributed by atoms with E-state index in [-0.39, 0.29) is 29.8 Å². The molecule has 2 aromatic rings. The maximum Gasteiger partial charge on any atom is 0.261 e. The van der Waals surface area contributed by atoms with Crippen LogP contribution in [0.15, 0.2) is 47.6 Å². The SMILES string of the molecule is O=C(CCN1C(=O)c2ccccc2C1=O)C1=NN[C@H]2C(=O)N(c3ccc4c(c3)OCCO4)C(=O)[C@@H]12. The van der Waals surface area contributed by atoms with Crippen molar-refractivity contribution in [1.29, 1.82) is 0 Å². The van der Waals surface area contributed by atoms with Gasteiger partial charge in [-0.3, -0.25) is 34.3 Å². The van der Waals surface area contributed by atoms with Crippen LogP contribution in [-0.4, -0.2) is 65.8 Å². The van der Waals surface area contributed by atoms with E-state index < -0.39 is 41.4 Å². The van der Waals surface area contributed by atoms with E-state index in [2.05, 4.69) is 10.5 Å². The molecule has 11 nitrogen and oxygen atoms in total. The van der Waals surface area contributed by atoms with Crippen molar-refractivity contribution in [2.24, 2.45) is 11.0 Å². The van der Waals surface area contributed by atoms with Crippen LogP contribution in [0, 0.1) is 5.92 Å². The number of ketones is 1. The number of nitrogens with zero attached hydrogens (tertiary/aromatic N) is 3. The first-order valence-corrected chi connectivity index (χ1v) is 11.0. The van der Waals surface area contributed by atoms with E-state index in [4.69, 9.17) is 9.47 Å². The molecule has 176 valence electrons. The number of Topliss-reactive ketones (excluding diaryl/α,β-unsaturated/α-hetero) is 1. The van der Waals surface area contributed by atoms with E-state index in [1.807, 2.05) is 0 Å². The van der Waals surface area contributed by atoms with Crippen LogP contribution in [0.2, 0.25) is 0 Å². The van der Waals surface area contributed by atoms with Crippen LogP contribution in [0.3, 0.4) is 0 Å². The highest BCUT2D eigenvalue weighted by molar-refractivity contribution is 6.48. The van der Waals surface area contributed by atoms with Gasteiger partial charge in [0, 0.05) is 19.0 Å². The number of anilines is 1. The molecule has 1 saturated heterocycles. The fraction of sp³-hybridized carbons (Fsp3) is 0.250. The molecule has 0 aliphatic carbocycles. The second kappa shape index (κ2) is 7.76. The molecule has 35 heavy (non-hydrogen) atoms. The summed E-state index contributed by atoms with van der Waals surface area (Å²) in [5, 5.41) is 3.96. The standard InChI is InChI=1S/C24H18N4O7/c29-15(7-8-27-21(30)13-3-1-2-4-14(13)22(27)31)19-18-20(26-25-19)24(33)28(23(18)32)12-5-6-16-17(11-12)35-10-9-34-16/h1-6,11,18,20,26H,7-10H2/t18-,20+/m0/s1. The van der Waals surface area contributed by atoms with Crippen molar-refractivity contribution in [3.8, 4) is 11.5 Å². The Morgan fingerprint density at radius 2 is 1.63 bits per heavy atom. The summed E-state index contributed by atoms with van der Waals surface area (Å²) in [6.45, 7) is 0.601. The number of ether oxygens (including phenoxy) is 2. The van der Waals surface area contributed by atoms with Crippen LogP contribution in [0.1, 0.15) is 27.1 Å². The molecule has 1 N–H and O–H groups in total. The maximum absolute atomic E-state index is 13.2. The van der Waals surface area contributed by atoms with Crippen molar-refractivity contribution < 1.29 is 33.4 Å². The zero-order chi connectivity index (χ0) is 24.3. The highest BCUT2D eigenvalue weighted by Gasteiger charge is 2.55. The molecule has 4 heterocycles. The number of nitrogens with one attached hydrogen (secondary N) is 1. The van der Waals surface area contributed by atoms with Crippen LogP contribution < -0.4 is 19.8 Å². The monoisotopic (exact) mass is 474 g/mol. The summed E-state index contributed by atoms with van der Waals surface area (Å²) in [7, 11) is 0. The number of imide groups is 2. The van der Waals surface area contributed by atoms with Crippen LogP contribution in [0.4, 0.5) is 5.69 Å². The van der Waals surface area contributed by atoms with E-state index >= 15 is 0 Å². The van der Waals surface area contributed by atoms with Gasteiger partial charge in [0.2, 0.25) is 5.91 Å². The molecule has 4 aliphatic rings. The van der Waals surface area contributed by atoms with E-state index in [0.717, 1.165) is 9.80 Å². The van der Waals surface area contributed by atoms with Gasteiger partial charge in [-0.25, -0.2) is 4.90 Å². The third-order valence-electron chi connectivity index (χ3n) is 6.44. The largest absolute Gasteiger partial charge is 0.486 e. The van der Waals surface area contributed by atoms with Crippen LogP contribution >= 0.6 is 0 Å². The molecule has 11 heteroatoms. The quantitative estimate of drug-likeness (QED) is 0.621. The lowest BCUT2D eigenvalue weighted by Gasteiger charge is -2.21. The molecule has 4 aliphatic heterocycles. The third-order valence-corrected chi connectivity index (χ3v) is 6.44. The van der Waals surface area contributed by atoms with Crippen molar-refractivity contribution in [2.45, 2.75) is 12.5 Å². The Kier molecular flexibility index (Phi) is 4.66. The number of hydrazone groups is 1. The zero-order valence-corrected chi connectivity index (χ0v) is 18.2. The van der Waals surface area contributed by atoms with Gasteiger partial charge in [-0.2, -0.15) is 5.10 Å². The highest BCUT2D eigenvalue weighted by Crippen LogP contribution is 2.37. The van der Waals surface area contributed by atoms with Crippen molar-refractivity contribution in [3.05, 3.63) is 53.6 Å². The first kappa shape index (κ1) is 21.0.